The SMILES string of the molecule is CCc1ccc(C)c(Nc2nc[c-]c(-c3cccnc3)n2)c1.[Rb+]. The van der Waals surface area contributed by atoms with Crippen molar-refractivity contribution in [3.8, 4) is 11.3 Å². The molecule has 0 aliphatic rings. The van der Waals surface area contributed by atoms with Gasteiger partial charge in [-0.3, -0.25) is 9.97 Å². The molecule has 0 aliphatic heterocycles. The zero-order valence-corrected chi connectivity index (χ0v) is 18.6. The minimum absolute atomic E-state index is 0. The summed E-state index contributed by atoms with van der Waals surface area (Å²) in [6, 6.07) is 13.3. The predicted octanol–water partition coefficient (Wildman–Crippen LogP) is 0.957. The number of rotatable bonds is 4. The van der Waals surface area contributed by atoms with Crippen LogP contribution in [0.5, 0.6) is 0 Å². The van der Waals surface area contributed by atoms with Crippen LogP contribution in [-0.4, -0.2) is 15.0 Å². The van der Waals surface area contributed by atoms with Gasteiger partial charge in [0.1, 0.15) is 0 Å². The molecular formula is C18H17N4Rb. The third-order valence-electron chi connectivity index (χ3n) is 3.50. The van der Waals surface area contributed by atoms with Crippen molar-refractivity contribution in [2.45, 2.75) is 20.3 Å². The Morgan fingerprint density at radius 1 is 1.22 bits per heavy atom. The Balaban J connectivity index is 0.00000192. The molecule has 0 atom stereocenters. The van der Waals surface area contributed by atoms with Crippen LogP contribution in [0.15, 0.2) is 48.9 Å². The van der Waals surface area contributed by atoms with Crippen molar-refractivity contribution < 1.29 is 58.2 Å². The zero-order chi connectivity index (χ0) is 15.4. The largest absolute Gasteiger partial charge is 1.00 e. The number of hydrogen-bond acceptors (Lipinski definition) is 4. The smallest absolute Gasteiger partial charge is 0.324 e. The molecule has 0 spiro atoms. The summed E-state index contributed by atoms with van der Waals surface area (Å²) < 4.78 is 0. The summed E-state index contributed by atoms with van der Waals surface area (Å²) in [5.41, 5.74) is 5.13. The van der Waals surface area contributed by atoms with Crippen molar-refractivity contribution in [3.05, 3.63) is 66.1 Å². The summed E-state index contributed by atoms with van der Waals surface area (Å²) >= 11 is 0. The van der Waals surface area contributed by atoms with Gasteiger partial charge < -0.3 is 5.32 Å². The molecule has 3 rings (SSSR count). The number of nitrogens with zero attached hydrogens (tertiary/aromatic N) is 3. The minimum atomic E-state index is 0. The van der Waals surface area contributed by atoms with E-state index in [9.17, 15) is 0 Å². The maximum absolute atomic E-state index is 4.52. The third kappa shape index (κ3) is 4.77. The maximum atomic E-state index is 4.52. The van der Waals surface area contributed by atoms with Crippen LogP contribution in [0, 0.1) is 13.0 Å². The van der Waals surface area contributed by atoms with Crippen molar-refractivity contribution >= 4 is 11.6 Å². The van der Waals surface area contributed by atoms with E-state index in [-0.39, 0.29) is 58.2 Å². The van der Waals surface area contributed by atoms with Crippen LogP contribution in [0.1, 0.15) is 18.1 Å². The summed E-state index contributed by atoms with van der Waals surface area (Å²) in [6.07, 6.45) is 6.14. The standard InChI is InChI=1S/C18H17N4.Rb/c1-3-14-7-6-13(2)17(11-14)22-18-20-10-8-16(21-18)15-5-4-9-19-12-15;/h4-7,9-12H,3H2,1-2H3,(H,20,21,22);/q-1;+1. The number of benzene rings is 1. The molecule has 0 saturated carbocycles. The second kappa shape index (κ2) is 8.78. The molecule has 4 nitrogen and oxygen atoms in total. The van der Waals surface area contributed by atoms with Crippen molar-refractivity contribution in [1.82, 2.24) is 15.0 Å². The quantitative estimate of drug-likeness (QED) is 0.691. The normalized spacial score (nSPS) is 10.0. The first kappa shape index (κ1) is 18.4. The number of aromatic nitrogens is 3. The van der Waals surface area contributed by atoms with E-state index in [1.807, 2.05) is 12.1 Å². The fraction of sp³-hybridized carbons (Fsp3) is 0.167. The van der Waals surface area contributed by atoms with Gasteiger partial charge in [0.2, 0.25) is 5.95 Å². The average molecular weight is 375 g/mol. The first-order chi connectivity index (χ1) is 10.8. The molecule has 2 heterocycles. The third-order valence-corrected chi connectivity index (χ3v) is 3.50. The Labute approximate surface area is 185 Å². The van der Waals surface area contributed by atoms with Crippen LogP contribution in [-0.2, 0) is 6.42 Å². The first-order valence-corrected chi connectivity index (χ1v) is 7.28. The molecule has 0 saturated heterocycles. The molecule has 0 aliphatic carbocycles. The molecule has 23 heavy (non-hydrogen) atoms. The molecule has 0 amide bonds. The van der Waals surface area contributed by atoms with Gasteiger partial charge in [-0.15, -0.1) is 11.6 Å². The number of nitrogens with one attached hydrogen (secondary N) is 1. The number of hydrogen-bond donors (Lipinski definition) is 1. The van der Waals surface area contributed by atoms with Gasteiger partial charge in [-0.2, -0.15) is 0 Å². The van der Waals surface area contributed by atoms with Crippen LogP contribution >= 0.6 is 0 Å². The fourth-order valence-corrected chi connectivity index (χ4v) is 2.18. The maximum Gasteiger partial charge on any atom is 1.00 e. The fourth-order valence-electron chi connectivity index (χ4n) is 2.18. The van der Waals surface area contributed by atoms with Gasteiger partial charge in [0, 0.05) is 11.9 Å². The van der Waals surface area contributed by atoms with E-state index in [1.54, 1.807) is 18.6 Å². The van der Waals surface area contributed by atoms with Gasteiger partial charge in [-0.05, 0) is 36.7 Å². The van der Waals surface area contributed by atoms with E-state index in [0.29, 0.717) is 5.95 Å². The Bertz CT molecular complexity index is 775. The second-order valence-corrected chi connectivity index (χ2v) is 5.06. The number of aryl methyl sites for hydroxylation is 2. The van der Waals surface area contributed by atoms with E-state index in [2.05, 4.69) is 58.4 Å². The molecular weight excluding hydrogens is 358 g/mol. The van der Waals surface area contributed by atoms with Crippen molar-refractivity contribution in [2.24, 2.45) is 0 Å². The van der Waals surface area contributed by atoms with Crippen LogP contribution in [0.4, 0.5) is 11.6 Å². The molecule has 3 aromatic rings. The van der Waals surface area contributed by atoms with Crippen molar-refractivity contribution in [3.63, 3.8) is 0 Å². The summed E-state index contributed by atoms with van der Waals surface area (Å²) in [5, 5.41) is 3.29. The molecule has 0 bridgehead atoms. The second-order valence-electron chi connectivity index (χ2n) is 5.06. The van der Waals surface area contributed by atoms with E-state index >= 15 is 0 Å². The van der Waals surface area contributed by atoms with E-state index < -0.39 is 0 Å². The predicted molar refractivity (Wildman–Crippen MR) is 87.9 cm³/mol. The number of pyridine rings is 1. The molecule has 2 aromatic heterocycles. The summed E-state index contributed by atoms with van der Waals surface area (Å²) in [7, 11) is 0. The number of anilines is 2. The van der Waals surface area contributed by atoms with Crippen molar-refractivity contribution in [1.29, 1.82) is 0 Å². The van der Waals surface area contributed by atoms with Gasteiger partial charge in [0.25, 0.3) is 0 Å². The van der Waals surface area contributed by atoms with Crippen LogP contribution < -0.4 is 63.5 Å². The monoisotopic (exact) mass is 374 g/mol. The molecule has 1 N–H and O–H groups in total. The van der Waals surface area contributed by atoms with Crippen LogP contribution in [0.2, 0.25) is 0 Å². The van der Waals surface area contributed by atoms with Gasteiger partial charge in [-0.1, -0.05) is 37.0 Å². The van der Waals surface area contributed by atoms with E-state index in [0.717, 1.165) is 28.9 Å². The molecule has 5 heteroatoms. The Morgan fingerprint density at radius 3 is 2.83 bits per heavy atom. The van der Waals surface area contributed by atoms with Crippen LogP contribution in [0.25, 0.3) is 11.3 Å². The summed E-state index contributed by atoms with van der Waals surface area (Å²) in [4.78, 5) is 12.9. The molecule has 0 radical (unpaired) electrons. The van der Waals surface area contributed by atoms with Gasteiger partial charge in [-0.25, -0.2) is 11.1 Å². The summed E-state index contributed by atoms with van der Waals surface area (Å²) in [6.45, 7) is 4.21. The Kier molecular flexibility index (Phi) is 7.02. The van der Waals surface area contributed by atoms with E-state index in [1.165, 1.54) is 5.56 Å². The minimum Gasteiger partial charge on any atom is -0.324 e. The molecule has 110 valence electrons. The Hall–Kier alpha value is -0.945. The topological polar surface area (TPSA) is 50.7 Å². The Morgan fingerprint density at radius 2 is 2.09 bits per heavy atom. The zero-order valence-electron chi connectivity index (χ0n) is 13.7. The van der Waals surface area contributed by atoms with Crippen LogP contribution in [0.3, 0.4) is 0 Å². The first-order valence-electron chi connectivity index (χ1n) is 7.28. The van der Waals surface area contributed by atoms with Gasteiger partial charge in [0.05, 0.1) is 0 Å². The molecule has 1 aromatic carbocycles. The molecule has 0 fully saturated rings. The van der Waals surface area contributed by atoms with Gasteiger partial charge >= 0.3 is 58.2 Å². The summed E-state index contributed by atoms with van der Waals surface area (Å²) in [5.74, 6) is 0.564. The van der Waals surface area contributed by atoms with Gasteiger partial charge in [0.15, 0.2) is 0 Å². The average Bonchev–Trinajstić information content (AvgIpc) is 2.58. The van der Waals surface area contributed by atoms with Crippen molar-refractivity contribution in [2.75, 3.05) is 5.32 Å². The molecule has 0 unspecified atom stereocenters. The van der Waals surface area contributed by atoms with E-state index in [4.69, 9.17) is 0 Å².